The summed E-state index contributed by atoms with van der Waals surface area (Å²) in [6, 6.07) is 14.4. The Hall–Kier alpha value is -1.43. The zero-order chi connectivity index (χ0) is 23.9. The van der Waals surface area contributed by atoms with E-state index in [-0.39, 0.29) is 22.3 Å². The summed E-state index contributed by atoms with van der Waals surface area (Å²) in [5.41, 5.74) is 1.72. The van der Waals surface area contributed by atoms with E-state index in [9.17, 15) is 10.2 Å². The van der Waals surface area contributed by atoms with Crippen LogP contribution in [0.4, 0.5) is 0 Å². The Morgan fingerprint density at radius 1 is 0.613 bits per heavy atom. The van der Waals surface area contributed by atoms with Crippen LogP contribution < -0.4 is 10.2 Å². The molecule has 0 atom stereocenters. The Bertz CT molecular complexity index is 650. The fourth-order valence-corrected chi connectivity index (χ4v) is 3.39. The van der Waals surface area contributed by atoms with E-state index in [4.69, 9.17) is 0 Å². The zero-order valence-electron chi connectivity index (χ0n) is 21.0. The molecule has 2 nitrogen and oxygen atoms in total. The van der Waals surface area contributed by atoms with Gasteiger partial charge in [0.25, 0.3) is 0 Å². The topological polar surface area (TPSA) is 46.1 Å². The van der Waals surface area contributed by atoms with Crippen LogP contribution in [0.2, 0.25) is 5.28 Å². The fourth-order valence-electron chi connectivity index (χ4n) is 3.10. The van der Waals surface area contributed by atoms with E-state index in [1.54, 1.807) is 24.3 Å². The van der Waals surface area contributed by atoms with Crippen LogP contribution in [0.1, 0.15) is 98.1 Å². The Morgan fingerprint density at radius 2 is 0.968 bits per heavy atom. The molecular formula is C28H43AlO2. The molecule has 2 aromatic carbocycles. The molecule has 0 heterocycles. The van der Waals surface area contributed by atoms with Crippen molar-refractivity contribution in [3.05, 3.63) is 59.7 Å². The molecule has 0 bridgehead atoms. The van der Waals surface area contributed by atoms with Crippen molar-refractivity contribution in [1.82, 2.24) is 0 Å². The van der Waals surface area contributed by atoms with Crippen molar-refractivity contribution < 1.29 is 10.2 Å². The van der Waals surface area contributed by atoms with Crippen LogP contribution in [-0.2, 0) is 10.8 Å². The fraction of sp³-hybridized carbons (Fsp3) is 0.571. The van der Waals surface area contributed by atoms with Crippen molar-refractivity contribution in [3.8, 4) is 11.5 Å². The third-order valence-corrected chi connectivity index (χ3v) is 5.36. The first-order valence-electron chi connectivity index (χ1n) is 11.7. The van der Waals surface area contributed by atoms with Gasteiger partial charge in [-0.2, -0.15) is 0 Å². The van der Waals surface area contributed by atoms with Crippen molar-refractivity contribution in [3.63, 3.8) is 0 Å². The zero-order valence-corrected chi connectivity index (χ0v) is 22.1. The van der Waals surface area contributed by atoms with Crippen molar-refractivity contribution in [2.45, 2.75) is 103 Å². The summed E-state index contributed by atoms with van der Waals surface area (Å²) in [6.07, 6.45) is 8.51. The van der Waals surface area contributed by atoms with Crippen molar-refractivity contribution in [1.29, 1.82) is 0 Å². The number of para-hydroxylation sites is 2. The van der Waals surface area contributed by atoms with Gasteiger partial charge in [0.2, 0.25) is 0 Å². The minimum atomic E-state index is -0.0294. The Kier molecular flexibility index (Phi) is 14.7. The Balaban J connectivity index is 0.000000439. The molecule has 2 rings (SSSR count). The third kappa shape index (κ3) is 13.6. The molecular weight excluding hydrogens is 395 g/mol. The van der Waals surface area contributed by atoms with Crippen molar-refractivity contribution >= 4 is 16.3 Å². The van der Waals surface area contributed by atoms with Crippen LogP contribution in [-0.4, -0.2) is 16.3 Å². The molecule has 0 radical (unpaired) electrons. The molecule has 0 aliphatic heterocycles. The summed E-state index contributed by atoms with van der Waals surface area (Å²) in [6.45, 7) is 14.5. The summed E-state index contributed by atoms with van der Waals surface area (Å²) < 4.78 is 0. The number of rotatable bonds is 6. The van der Waals surface area contributed by atoms with Gasteiger partial charge in [-0.05, 0) is 10.8 Å². The van der Waals surface area contributed by atoms with Gasteiger partial charge in [0.05, 0.1) is 0 Å². The predicted octanol–water partition coefficient (Wildman–Crippen LogP) is 7.05. The summed E-state index contributed by atoms with van der Waals surface area (Å²) in [4.78, 5) is 0. The van der Waals surface area contributed by atoms with Crippen LogP contribution in [0.15, 0.2) is 48.5 Å². The molecule has 0 aromatic heterocycles. The van der Waals surface area contributed by atoms with E-state index >= 15 is 0 Å². The van der Waals surface area contributed by atoms with Gasteiger partial charge in [0.1, 0.15) is 0 Å². The van der Waals surface area contributed by atoms with Crippen molar-refractivity contribution in [2.75, 3.05) is 0 Å². The summed E-state index contributed by atoms with van der Waals surface area (Å²) in [5.74, 6) is 0.278. The molecule has 0 amide bonds. The SMILES string of the molecule is CC(C)(C)c1ccccc1[O-].CC(C)(C)c1ccccc1[O-].CCCCCCC[CH2][Al+2]. The van der Waals surface area contributed by atoms with E-state index in [0.29, 0.717) is 0 Å². The molecule has 0 N–H and O–H groups in total. The van der Waals surface area contributed by atoms with E-state index < -0.39 is 0 Å². The van der Waals surface area contributed by atoms with Gasteiger partial charge in [-0.1, -0.05) is 101 Å². The third-order valence-electron chi connectivity index (χ3n) is 4.95. The summed E-state index contributed by atoms with van der Waals surface area (Å²) >= 11 is 2.78. The Labute approximate surface area is 200 Å². The van der Waals surface area contributed by atoms with Crippen molar-refractivity contribution in [2.24, 2.45) is 0 Å². The van der Waals surface area contributed by atoms with Crippen LogP contribution in [0.25, 0.3) is 0 Å². The van der Waals surface area contributed by atoms with E-state index in [0.717, 1.165) is 11.1 Å². The summed E-state index contributed by atoms with van der Waals surface area (Å²) in [5, 5.41) is 23.8. The monoisotopic (exact) mass is 438 g/mol. The normalized spacial score (nSPS) is 11.1. The molecule has 2 aromatic rings. The van der Waals surface area contributed by atoms with Gasteiger partial charge in [0.15, 0.2) is 0 Å². The number of benzene rings is 2. The first-order chi connectivity index (χ1) is 14.4. The number of unbranched alkanes of at least 4 members (excludes halogenated alkanes) is 5. The van der Waals surface area contributed by atoms with Gasteiger partial charge < -0.3 is 10.2 Å². The number of hydrogen-bond donors (Lipinski definition) is 0. The van der Waals surface area contributed by atoms with Crippen LogP contribution in [0, 0.1) is 0 Å². The average Bonchev–Trinajstić information content (AvgIpc) is 2.68. The van der Waals surface area contributed by atoms with Gasteiger partial charge >= 0.3 is 67.0 Å². The minimum absolute atomic E-state index is 0.0294. The molecule has 3 heteroatoms. The van der Waals surface area contributed by atoms with Gasteiger partial charge in [-0.25, -0.2) is 0 Å². The molecule has 0 fully saturated rings. The quantitative estimate of drug-likeness (QED) is 0.358. The Morgan fingerprint density at radius 3 is 1.26 bits per heavy atom. The molecule has 0 aliphatic carbocycles. The second-order valence-corrected chi connectivity index (χ2v) is 10.6. The second kappa shape index (κ2) is 15.4. The molecule has 31 heavy (non-hydrogen) atoms. The van der Waals surface area contributed by atoms with Gasteiger partial charge in [-0.3, -0.25) is 0 Å². The van der Waals surface area contributed by atoms with Crippen LogP contribution in [0.5, 0.6) is 11.5 Å². The molecule has 0 aliphatic rings. The molecule has 0 spiro atoms. The van der Waals surface area contributed by atoms with E-state index in [2.05, 4.69) is 23.2 Å². The summed E-state index contributed by atoms with van der Waals surface area (Å²) in [7, 11) is 0. The second-order valence-electron chi connectivity index (χ2n) is 10.0. The maximum atomic E-state index is 11.3. The first-order valence-corrected chi connectivity index (χ1v) is 12.5. The molecule has 0 saturated heterocycles. The number of hydrogen-bond acceptors (Lipinski definition) is 2. The standard InChI is InChI=1S/2C10H14O.C8H17.Al/c2*1-10(2,3)8-6-4-5-7-9(8)11;1-3-5-7-8-6-4-2;/h2*4-7,11H,1-3H3;1,3-8H2,2H3;/q;;;+2/p-2. The first kappa shape index (κ1) is 29.6. The van der Waals surface area contributed by atoms with Gasteiger partial charge in [0, 0.05) is 0 Å². The van der Waals surface area contributed by atoms with E-state index in [1.807, 2.05) is 65.8 Å². The maximum absolute atomic E-state index is 11.3. The van der Waals surface area contributed by atoms with Crippen LogP contribution in [0.3, 0.4) is 0 Å². The molecule has 0 saturated carbocycles. The predicted molar refractivity (Wildman–Crippen MR) is 133 cm³/mol. The van der Waals surface area contributed by atoms with Crippen LogP contribution >= 0.6 is 0 Å². The molecule has 170 valence electrons. The van der Waals surface area contributed by atoms with E-state index in [1.165, 1.54) is 43.8 Å². The average molecular weight is 439 g/mol. The van der Waals surface area contributed by atoms with Gasteiger partial charge in [-0.15, -0.1) is 11.5 Å². The molecule has 0 unspecified atom stereocenters.